The lowest BCUT2D eigenvalue weighted by Crippen LogP contribution is -2.44. The molecular formula is C27H25N3O2S. The second-order valence-corrected chi connectivity index (χ2v) is 9.24. The lowest BCUT2D eigenvalue weighted by Gasteiger charge is -2.39. The average Bonchev–Trinajstić information content (AvgIpc) is 3.17. The summed E-state index contributed by atoms with van der Waals surface area (Å²) >= 11 is 1.63. The van der Waals surface area contributed by atoms with Gasteiger partial charge in [0.25, 0.3) is 5.91 Å². The lowest BCUT2D eigenvalue weighted by atomic mass is 9.79. The van der Waals surface area contributed by atoms with Crippen LogP contribution in [0.1, 0.15) is 33.4 Å². The Labute approximate surface area is 197 Å². The number of nitrogens with zero attached hydrogens (tertiary/aromatic N) is 2. The molecule has 0 bridgehead atoms. The molecule has 0 unspecified atom stereocenters. The maximum Gasteiger partial charge on any atom is 0.254 e. The molecule has 1 N–H and O–H groups in total. The molecule has 6 heteroatoms. The number of rotatable bonds is 4. The van der Waals surface area contributed by atoms with Crippen LogP contribution >= 0.6 is 11.8 Å². The van der Waals surface area contributed by atoms with Gasteiger partial charge >= 0.3 is 0 Å². The summed E-state index contributed by atoms with van der Waals surface area (Å²) in [6, 6.07) is 23.0. The number of aryl methyl sites for hydroxylation is 1. The van der Waals surface area contributed by atoms with Crippen LogP contribution in [-0.4, -0.2) is 34.6 Å². The van der Waals surface area contributed by atoms with Crippen LogP contribution in [0.15, 0.2) is 83.9 Å². The van der Waals surface area contributed by atoms with Gasteiger partial charge in [-0.05, 0) is 42.2 Å². The highest BCUT2D eigenvalue weighted by Crippen LogP contribution is 2.44. The minimum atomic E-state index is -0.548. The Morgan fingerprint density at radius 1 is 0.939 bits per heavy atom. The van der Waals surface area contributed by atoms with Gasteiger partial charge < -0.3 is 14.8 Å². The van der Waals surface area contributed by atoms with Crippen molar-refractivity contribution in [3.63, 3.8) is 0 Å². The molecule has 2 atom stereocenters. The van der Waals surface area contributed by atoms with Crippen molar-refractivity contribution < 1.29 is 9.59 Å². The van der Waals surface area contributed by atoms with Gasteiger partial charge in [0.15, 0.2) is 0 Å². The third-order valence-corrected chi connectivity index (χ3v) is 7.17. The number of aromatic nitrogens is 1. The molecule has 5 nitrogen and oxygen atoms in total. The maximum atomic E-state index is 13.8. The second-order valence-electron chi connectivity index (χ2n) is 8.36. The van der Waals surface area contributed by atoms with E-state index in [0.29, 0.717) is 5.56 Å². The van der Waals surface area contributed by atoms with Crippen molar-refractivity contribution in [2.24, 2.45) is 7.05 Å². The van der Waals surface area contributed by atoms with Crippen molar-refractivity contribution >= 4 is 40.2 Å². The quantitative estimate of drug-likeness (QED) is 0.417. The first-order valence-corrected chi connectivity index (χ1v) is 12.1. The van der Waals surface area contributed by atoms with Gasteiger partial charge in [-0.3, -0.25) is 9.59 Å². The number of hydrogen-bond donors (Lipinski definition) is 1. The van der Waals surface area contributed by atoms with Gasteiger partial charge in [-0.2, -0.15) is 0 Å². The van der Waals surface area contributed by atoms with Crippen LogP contribution in [0.2, 0.25) is 0 Å². The van der Waals surface area contributed by atoms with Gasteiger partial charge in [-0.25, -0.2) is 0 Å². The molecule has 0 saturated carbocycles. The molecule has 5 rings (SSSR count). The largest absolute Gasteiger partial charge is 0.350 e. The van der Waals surface area contributed by atoms with Gasteiger partial charge in [0.2, 0.25) is 5.91 Å². The third kappa shape index (κ3) is 3.60. The van der Waals surface area contributed by atoms with Crippen LogP contribution in [0.3, 0.4) is 0 Å². The first kappa shape index (κ1) is 21.3. The first-order valence-electron chi connectivity index (χ1n) is 10.8. The summed E-state index contributed by atoms with van der Waals surface area (Å²) in [5.74, 6) is -0.748. The summed E-state index contributed by atoms with van der Waals surface area (Å²) in [5, 5.41) is 4.17. The molecule has 0 radical (unpaired) electrons. The van der Waals surface area contributed by atoms with Crippen LogP contribution in [0.25, 0.3) is 10.9 Å². The van der Waals surface area contributed by atoms with Crippen molar-refractivity contribution in [3.8, 4) is 0 Å². The summed E-state index contributed by atoms with van der Waals surface area (Å²) in [4.78, 5) is 30.0. The van der Waals surface area contributed by atoms with Crippen LogP contribution < -0.4 is 5.32 Å². The van der Waals surface area contributed by atoms with Crippen molar-refractivity contribution in [2.45, 2.75) is 16.9 Å². The van der Waals surface area contributed by atoms with E-state index in [2.05, 4.69) is 22.0 Å². The highest BCUT2D eigenvalue weighted by atomic mass is 32.2. The van der Waals surface area contributed by atoms with Crippen molar-refractivity contribution in [1.82, 2.24) is 9.47 Å². The molecule has 2 amide bonds. The van der Waals surface area contributed by atoms with E-state index in [4.69, 9.17) is 0 Å². The van der Waals surface area contributed by atoms with Gasteiger partial charge in [0, 0.05) is 52.9 Å². The number of nitrogens with one attached hydrogen (secondary N) is 1. The molecule has 1 aliphatic rings. The van der Waals surface area contributed by atoms with E-state index in [1.165, 1.54) is 0 Å². The third-order valence-electron chi connectivity index (χ3n) is 6.45. The molecule has 1 aromatic heterocycles. The van der Waals surface area contributed by atoms with Crippen LogP contribution in [-0.2, 0) is 11.8 Å². The summed E-state index contributed by atoms with van der Waals surface area (Å²) in [5.41, 5.74) is 4.13. The number of para-hydroxylation sites is 1. The monoisotopic (exact) mass is 455 g/mol. The number of hydrogen-bond acceptors (Lipinski definition) is 3. The topological polar surface area (TPSA) is 54.3 Å². The fourth-order valence-corrected chi connectivity index (χ4v) is 5.33. The van der Waals surface area contributed by atoms with Gasteiger partial charge in [0.1, 0.15) is 0 Å². The number of thioether (sulfide) groups is 1. The minimum Gasteiger partial charge on any atom is -0.350 e. The number of fused-ring (bicyclic) bond motifs is 2. The van der Waals surface area contributed by atoms with E-state index in [1.807, 2.05) is 80.2 Å². The highest BCUT2D eigenvalue weighted by Gasteiger charge is 2.43. The Balaban J connectivity index is 1.66. The number of likely N-dealkylation sites (N-methyl/N-ethyl adjacent to an activating group) is 1. The summed E-state index contributed by atoms with van der Waals surface area (Å²) in [7, 11) is 3.78. The second kappa shape index (κ2) is 8.45. The fraction of sp³-hybridized carbons (Fsp3) is 0.185. The zero-order valence-electron chi connectivity index (χ0n) is 18.8. The predicted molar refractivity (Wildman–Crippen MR) is 134 cm³/mol. The van der Waals surface area contributed by atoms with Crippen molar-refractivity contribution in [2.75, 3.05) is 18.6 Å². The van der Waals surface area contributed by atoms with Crippen LogP contribution in [0, 0.1) is 0 Å². The summed E-state index contributed by atoms with van der Waals surface area (Å²) in [6.07, 6.45) is 4.05. The molecule has 33 heavy (non-hydrogen) atoms. The van der Waals surface area contributed by atoms with E-state index in [0.717, 1.165) is 32.6 Å². The molecule has 0 fully saturated rings. The molecular weight excluding hydrogens is 430 g/mol. The Kier molecular flexibility index (Phi) is 5.46. The van der Waals surface area contributed by atoms with Crippen molar-refractivity contribution in [3.05, 3.63) is 95.7 Å². The molecule has 2 heterocycles. The number of anilines is 1. The maximum absolute atomic E-state index is 13.8. The lowest BCUT2D eigenvalue weighted by molar-refractivity contribution is -0.119. The highest BCUT2D eigenvalue weighted by molar-refractivity contribution is 7.98. The first-order chi connectivity index (χ1) is 16.0. The molecule has 0 aliphatic carbocycles. The Morgan fingerprint density at radius 3 is 2.52 bits per heavy atom. The summed E-state index contributed by atoms with van der Waals surface area (Å²) in [6.45, 7) is 0. The van der Waals surface area contributed by atoms with Crippen LogP contribution in [0.4, 0.5) is 5.69 Å². The standard InChI is InChI=1S/C27H25N3O2S/c1-29-16-22(19-11-6-7-14-23(19)29)25-24(20-12-4-5-13-21(20)27(32)30(25)2)26(31)28-17-9-8-10-18(15-17)33-3/h4-16,24-25H,1-3H3,(H,28,31)/t24-,25-/m0/s1. The molecule has 0 spiro atoms. The van der Waals surface area contributed by atoms with Crippen LogP contribution in [0.5, 0.6) is 0 Å². The SMILES string of the molecule is CSc1cccc(NC(=O)[C@H]2c3ccccc3C(=O)N(C)[C@H]2c2cn(C)c3ccccc23)c1. The Hall–Kier alpha value is -3.51. The molecule has 3 aromatic carbocycles. The Morgan fingerprint density at radius 2 is 1.70 bits per heavy atom. The molecule has 4 aromatic rings. The predicted octanol–water partition coefficient (Wildman–Crippen LogP) is 5.45. The average molecular weight is 456 g/mol. The molecule has 0 saturated heterocycles. The number of carbonyl (C=O) groups excluding carboxylic acids is 2. The van der Waals surface area contributed by atoms with Gasteiger partial charge in [-0.1, -0.05) is 42.5 Å². The van der Waals surface area contributed by atoms with E-state index in [1.54, 1.807) is 23.7 Å². The number of benzene rings is 3. The Bertz CT molecular complexity index is 1380. The fourth-order valence-electron chi connectivity index (χ4n) is 4.88. The number of carbonyl (C=O) groups is 2. The van der Waals surface area contributed by atoms with Crippen molar-refractivity contribution in [1.29, 1.82) is 0 Å². The van der Waals surface area contributed by atoms with E-state index in [9.17, 15) is 9.59 Å². The van der Waals surface area contributed by atoms with E-state index in [-0.39, 0.29) is 11.8 Å². The molecule has 166 valence electrons. The van der Waals surface area contributed by atoms with Gasteiger partial charge in [0.05, 0.1) is 12.0 Å². The smallest absolute Gasteiger partial charge is 0.254 e. The zero-order valence-corrected chi connectivity index (χ0v) is 19.6. The van der Waals surface area contributed by atoms with Gasteiger partial charge in [-0.15, -0.1) is 11.8 Å². The minimum absolute atomic E-state index is 0.0723. The van der Waals surface area contributed by atoms with E-state index < -0.39 is 12.0 Å². The normalized spacial score (nSPS) is 17.8. The number of amides is 2. The molecule has 1 aliphatic heterocycles. The summed E-state index contributed by atoms with van der Waals surface area (Å²) < 4.78 is 2.06. The zero-order chi connectivity index (χ0) is 23.1. The van der Waals surface area contributed by atoms with E-state index >= 15 is 0 Å².